The molecule has 2 aliphatic rings. The van der Waals surface area contributed by atoms with E-state index in [-0.39, 0.29) is 35.0 Å². The molecule has 0 radical (unpaired) electrons. The maximum absolute atomic E-state index is 15.0. The van der Waals surface area contributed by atoms with Crippen molar-refractivity contribution in [1.29, 1.82) is 5.26 Å². The zero-order valence-electron chi connectivity index (χ0n) is 15.7. The minimum Gasteiger partial charge on any atom is -0.477 e. The van der Waals surface area contributed by atoms with Crippen LogP contribution in [0.25, 0.3) is 11.0 Å². The number of hydrogen-bond acceptors (Lipinski definition) is 6. The van der Waals surface area contributed by atoms with Crippen LogP contribution in [0, 0.1) is 17.1 Å². The number of fused-ring (bicyclic) bond motifs is 1. The summed E-state index contributed by atoms with van der Waals surface area (Å²) in [6, 6.07) is 3.24. The van der Waals surface area contributed by atoms with Crippen LogP contribution in [0.4, 0.5) is 10.2 Å². The van der Waals surface area contributed by atoms with Gasteiger partial charge in [0.15, 0.2) is 11.6 Å². The molecule has 0 atom stereocenters. The van der Waals surface area contributed by atoms with E-state index < -0.39 is 17.2 Å². The fourth-order valence-corrected chi connectivity index (χ4v) is 3.81. The summed E-state index contributed by atoms with van der Waals surface area (Å²) in [6.45, 7) is 1.03. The molecule has 8 nitrogen and oxygen atoms in total. The third-order valence-electron chi connectivity index (χ3n) is 5.46. The van der Waals surface area contributed by atoms with E-state index in [1.54, 1.807) is 9.47 Å². The van der Waals surface area contributed by atoms with E-state index in [2.05, 4.69) is 11.1 Å². The lowest BCUT2D eigenvalue weighted by molar-refractivity contribution is 0.0695. The first kappa shape index (κ1) is 19.1. The third-order valence-corrected chi connectivity index (χ3v) is 5.46. The molecule has 4 rings (SSSR count). The van der Waals surface area contributed by atoms with Gasteiger partial charge < -0.3 is 20.3 Å². The molecular formula is C20H20FN5O3. The van der Waals surface area contributed by atoms with Crippen molar-refractivity contribution < 1.29 is 14.3 Å². The van der Waals surface area contributed by atoms with Crippen LogP contribution >= 0.6 is 0 Å². The fourth-order valence-electron chi connectivity index (χ4n) is 3.81. The zero-order chi connectivity index (χ0) is 20.7. The number of aromatic nitrogens is 2. The number of carboxylic acid groups (broad SMARTS) is 1. The highest BCUT2D eigenvalue weighted by Gasteiger charge is 2.29. The number of nitriles is 1. The smallest absolute Gasteiger partial charge is 0.341 e. The topological polar surface area (TPSA) is 125 Å². The van der Waals surface area contributed by atoms with Crippen LogP contribution in [-0.2, 0) is 0 Å². The quantitative estimate of drug-likeness (QED) is 0.755. The van der Waals surface area contributed by atoms with Gasteiger partial charge in [-0.25, -0.2) is 14.2 Å². The Hall–Kier alpha value is -3.25. The molecule has 1 aliphatic heterocycles. The standard InChI is InChI=1S/C20H20FN5O3/c21-16-6-14-17(27)15(20(28)29)10-26(13-3-4-13)18(14)24-19(16)25-5-1-2-11(9-25)12(7-22)8-23/h6,10,13H,1-5,7,9,22H2,(H,28,29)/b12-11+. The number of halogens is 1. The highest BCUT2D eigenvalue weighted by Crippen LogP contribution is 2.37. The Balaban J connectivity index is 1.86. The highest BCUT2D eigenvalue weighted by atomic mass is 19.1. The van der Waals surface area contributed by atoms with E-state index in [1.165, 1.54) is 6.20 Å². The number of piperidine rings is 1. The number of carboxylic acids is 1. The number of nitrogens with two attached hydrogens (primary N) is 1. The molecule has 1 saturated carbocycles. The number of aromatic carboxylic acids is 1. The van der Waals surface area contributed by atoms with Crippen LogP contribution in [0.3, 0.4) is 0 Å². The van der Waals surface area contributed by atoms with E-state index in [0.717, 1.165) is 37.3 Å². The Morgan fingerprint density at radius 3 is 2.83 bits per heavy atom. The van der Waals surface area contributed by atoms with E-state index in [1.807, 2.05) is 0 Å². The monoisotopic (exact) mass is 397 g/mol. The summed E-state index contributed by atoms with van der Waals surface area (Å²) < 4.78 is 16.6. The summed E-state index contributed by atoms with van der Waals surface area (Å²) in [6.07, 6.45) is 4.46. The fraction of sp³-hybridized carbons (Fsp3) is 0.400. The molecule has 1 aliphatic carbocycles. The maximum Gasteiger partial charge on any atom is 0.341 e. The maximum atomic E-state index is 15.0. The molecule has 3 heterocycles. The van der Waals surface area contributed by atoms with Crippen molar-refractivity contribution in [2.45, 2.75) is 31.7 Å². The van der Waals surface area contributed by atoms with Gasteiger partial charge in [-0.2, -0.15) is 5.26 Å². The van der Waals surface area contributed by atoms with E-state index in [0.29, 0.717) is 18.7 Å². The number of anilines is 1. The minimum atomic E-state index is -1.34. The van der Waals surface area contributed by atoms with Crippen LogP contribution < -0.4 is 16.1 Å². The summed E-state index contributed by atoms with van der Waals surface area (Å²) in [5.41, 5.74) is 6.17. The molecule has 0 unspecified atom stereocenters. The number of carbonyl (C=O) groups is 1. The van der Waals surface area contributed by atoms with Crippen molar-refractivity contribution in [1.82, 2.24) is 9.55 Å². The first-order valence-electron chi connectivity index (χ1n) is 9.49. The summed E-state index contributed by atoms with van der Waals surface area (Å²) in [4.78, 5) is 30.2. The average Bonchev–Trinajstić information content (AvgIpc) is 3.54. The largest absolute Gasteiger partial charge is 0.477 e. The predicted molar refractivity (Wildman–Crippen MR) is 104 cm³/mol. The van der Waals surface area contributed by atoms with Gasteiger partial charge in [0.05, 0.1) is 11.5 Å². The number of nitrogens with zero attached hydrogens (tertiary/aromatic N) is 4. The molecule has 3 N–H and O–H groups in total. The molecule has 0 amide bonds. The minimum absolute atomic E-state index is 0.0366. The van der Waals surface area contributed by atoms with E-state index in [9.17, 15) is 24.3 Å². The summed E-state index contributed by atoms with van der Waals surface area (Å²) >= 11 is 0. The first-order chi connectivity index (χ1) is 13.9. The Morgan fingerprint density at radius 2 is 2.21 bits per heavy atom. The molecule has 2 aromatic heterocycles. The van der Waals surface area contributed by atoms with Crippen molar-refractivity contribution in [3.05, 3.63) is 45.0 Å². The number of hydrogen-bond donors (Lipinski definition) is 2. The van der Waals surface area contributed by atoms with Crippen LogP contribution in [0.5, 0.6) is 0 Å². The molecular weight excluding hydrogens is 377 g/mol. The normalized spacial score (nSPS) is 18.6. The van der Waals surface area contributed by atoms with Crippen LogP contribution in [-0.4, -0.2) is 40.3 Å². The Labute approximate surface area is 165 Å². The van der Waals surface area contributed by atoms with Gasteiger partial charge in [-0.05, 0) is 37.3 Å². The Morgan fingerprint density at radius 1 is 1.45 bits per heavy atom. The van der Waals surface area contributed by atoms with Gasteiger partial charge in [0.25, 0.3) is 0 Å². The predicted octanol–water partition coefficient (Wildman–Crippen LogP) is 1.95. The van der Waals surface area contributed by atoms with Gasteiger partial charge in [-0.3, -0.25) is 4.79 Å². The van der Waals surface area contributed by atoms with Crippen molar-refractivity contribution in [3.8, 4) is 6.07 Å². The highest BCUT2D eigenvalue weighted by molar-refractivity contribution is 5.92. The Bertz CT molecular complexity index is 1140. The van der Waals surface area contributed by atoms with Gasteiger partial charge in [0, 0.05) is 37.4 Å². The molecule has 0 spiro atoms. The third kappa shape index (κ3) is 3.36. The van der Waals surface area contributed by atoms with Crippen molar-refractivity contribution in [3.63, 3.8) is 0 Å². The molecule has 29 heavy (non-hydrogen) atoms. The van der Waals surface area contributed by atoms with Crippen molar-refractivity contribution in [2.24, 2.45) is 5.73 Å². The molecule has 150 valence electrons. The second-order valence-corrected chi connectivity index (χ2v) is 7.40. The lowest BCUT2D eigenvalue weighted by Gasteiger charge is -2.31. The van der Waals surface area contributed by atoms with Crippen LogP contribution in [0.15, 0.2) is 28.2 Å². The number of pyridine rings is 2. The van der Waals surface area contributed by atoms with Crippen LogP contribution in [0.1, 0.15) is 42.1 Å². The van der Waals surface area contributed by atoms with Gasteiger partial charge in [0.1, 0.15) is 11.2 Å². The molecule has 2 aromatic rings. The van der Waals surface area contributed by atoms with Crippen LogP contribution in [0.2, 0.25) is 0 Å². The van der Waals surface area contributed by atoms with Gasteiger partial charge in [-0.1, -0.05) is 0 Å². The molecule has 9 heteroatoms. The second-order valence-electron chi connectivity index (χ2n) is 7.40. The Kier molecular flexibility index (Phi) is 4.80. The second kappa shape index (κ2) is 7.29. The number of rotatable bonds is 4. The lowest BCUT2D eigenvalue weighted by Crippen LogP contribution is -2.34. The zero-order valence-corrected chi connectivity index (χ0v) is 15.7. The van der Waals surface area contributed by atoms with Crippen molar-refractivity contribution in [2.75, 3.05) is 24.5 Å². The van der Waals surface area contributed by atoms with Gasteiger partial charge in [0.2, 0.25) is 5.43 Å². The lowest BCUT2D eigenvalue weighted by atomic mass is 9.99. The first-order valence-corrected chi connectivity index (χ1v) is 9.49. The molecule has 1 saturated heterocycles. The summed E-state index contributed by atoms with van der Waals surface area (Å²) in [5, 5.41) is 18.5. The van der Waals surface area contributed by atoms with E-state index in [4.69, 9.17) is 5.73 Å². The van der Waals surface area contributed by atoms with E-state index >= 15 is 0 Å². The van der Waals surface area contributed by atoms with Crippen molar-refractivity contribution >= 4 is 22.8 Å². The molecule has 2 fully saturated rings. The molecule has 0 aromatic carbocycles. The summed E-state index contributed by atoms with van der Waals surface area (Å²) in [5.74, 6) is -1.93. The van der Waals surface area contributed by atoms with Gasteiger partial charge >= 0.3 is 5.97 Å². The molecule has 0 bridgehead atoms. The summed E-state index contributed by atoms with van der Waals surface area (Å²) in [7, 11) is 0. The average molecular weight is 397 g/mol. The SMILES string of the molecule is N#C/C(CN)=C1\CCCN(c2nc3c(cc2F)c(=O)c(C(=O)O)cn3C2CC2)C1. The van der Waals surface area contributed by atoms with Gasteiger partial charge in [-0.15, -0.1) is 0 Å².